The van der Waals surface area contributed by atoms with E-state index in [1.165, 1.54) is 64.2 Å². The van der Waals surface area contributed by atoms with E-state index in [1.54, 1.807) is 0 Å². The number of unbranched alkanes of at least 4 members (excludes halogenated alkanes) is 19. The minimum atomic E-state index is -0.188. The van der Waals surface area contributed by atoms with Crippen LogP contribution >= 0.6 is 0 Å². The van der Waals surface area contributed by atoms with Gasteiger partial charge in [-0.15, -0.1) is 0 Å². The van der Waals surface area contributed by atoms with E-state index in [0.717, 1.165) is 116 Å². The lowest BCUT2D eigenvalue weighted by Gasteiger charge is -2.07. The van der Waals surface area contributed by atoms with Crippen molar-refractivity contribution in [3.63, 3.8) is 0 Å². The fourth-order valence-electron chi connectivity index (χ4n) is 5.79. The molecule has 2 atom stereocenters. The monoisotopic (exact) mass is 679 g/mol. The Bertz CT molecular complexity index is 686. The van der Waals surface area contributed by atoms with Crippen LogP contribution in [0, 0.1) is 0 Å². The molecule has 0 unspecified atom stereocenters. The molecular formula is C42H78O6. The quantitative estimate of drug-likeness (QED) is 0.0386. The molecule has 0 radical (unpaired) electrons. The number of aliphatic hydroxyl groups excluding tert-OH is 2. The van der Waals surface area contributed by atoms with Crippen LogP contribution in [-0.4, -0.2) is 47.6 Å². The van der Waals surface area contributed by atoms with E-state index in [2.05, 4.69) is 38.2 Å². The van der Waals surface area contributed by atoms with Crippen LogP contribution in [0.25, 0.3) is 0 Å². The van der Waals surface area contributed by atoms with Gasteiger partial charge < -0.3 is 19.7 Å². The molecule has 2 N–H and O–H groups in total. The molecule has 0 saturated carbocycles. The van der Waals surface area contributed by atoms with Crippen LogP contribution in [0.1, 0.15) is 206 Å². The van der Waals surface area contributed by atoms with Crippen molar-refractivity contribution in [2.24, 2.45) is 0 Å². The molecule has 0 aromatic rings. The minimum Gasteiger partial charge on any atom is -0.466 e. The summed E-state index contributed by atoms with van der Waals surface area (Å²) in [6.07, 6.45) is 39.2. The van der Waals surface area contributed by atoms with Crippen LogP contribution in [0.4, 0.5) is 0 Å². The van der Waals surface area contributed by atoms with Gasteiger partial charge >= 0.3 is 11.9 Å². The fourth-order valence-corrected chi connectivity index (χ4v) is 5.79. The van der Waals surface area contributed by atoms with Crippen molar-refractivity contribution in [2.45, 2.75) is 219 Å². The molecule has 0 aliphatic rings. The van der Waals surface area contributed by atoms with Gasteiger partial charge in [-0.3, -0.25) is 9.59 Å². The van der Waals surface area contributed by atoms with Crippen molar-refractivity contribution < 1.29 is 29.3 Å². The summed E-state index contributed by atoms with van der Waals surface area (Å²) in [4.78, 5) is 23.9. The van der Waals surface area contributed by atoms with Crippen molar-refractivity contribution in [3.05, 3.63) is 24.3 Å². The lowest BCUT2D eigenvalue weighted by molar-refractivity contribution is -0.145. The Labute approximate surface area is 296 Å². The van der Waals surface area contributed by atoms with Gasteiger partial charge in [0.25, 0.3) is 0 Å². The lowest BCUT2D eigenvalue weighted by atomic mass is 10.1. The molecule has 0 heterocycles. The molecule has 0 spiro atoms. The Balaban J connectivity index is 3.39. The highest BCUT2D eigenvalue weighted by Crippen LogP contribution is 2.13. The third kappa shape index (κ3) is 37.2. The van der Waals surface area contributed by atoms with Crippen molar-refractivity contribution >= 4 is 11.9 Å². The second-order valence-electron chi connectivity index (χ2n) is 13.9. The molecule has 0 rings (SSSR count). The van der Waals surface area contributed by atoms with Crippen LogP contribution in [0.3, 0.4) is 0 Å². The molecule has 282 valence electrons. The summed E-state index contributed by atoms with van der Waals surface area (Å²) < 4.78 is 10.7. The Hall–Kier alpha value is -1.66. The highest BCUT2D eigenvalue weighted by molar-refractivity contribution is 5.69. The van der Waals surface area contributed by atoms with E-state index in [4.69, 9.17) is 9.47 Å². The topological polar surface area (TPSA) is 93.1 Å². The first kappa shape index (κ1) is 46.3. The smallest absolute Gasteiger partial charge is 0.305 e. The zero-order valence-electron chi connectivity index (χ0n) is 31.6. The van der Waals surface area contributed by atoms with Gasteiger partial charge in [0.1, 0.15) is 0 Å². The Kier molecular flexibility index (Phi) is 36.8. The molecule has 6 nitrogen and oxygen atoms in total. The maximum Gasteiger partial charge on any atom is 0.305 e. The lowest BCUT2D eigenvalue weighted by Crippen LogP contribution is -2.07. The Morgan fingerprint density at radius 2 is 0.812 bits per heavy atom. The second kappa shape index (κ2) is 38.1. The van der Waals surface area contributed by atoms with Crippen LogP contribution in [0.5, 0.6) is 0 Å². The summed E-state index contributed by atoms with van der Waals surface area (Å²) in [6, 6.07) is 0. The minimum absolute atomic E-state index is 0.0866. The molecule has 0 saturated heterocycles. The maximum absolute atomic E-state index is 12.0. The molecule has 0 aromatic heterocycles. The van der Waals surface area contributed by atoms with E-state index in [1.807, 2.05) is 0 Å². The number of allylic oxidation sites excluding steroid dienone is 2. The second-order valence-corrected chi connectivity index (χ2v) is 13.9. The van der Waals surface area contributed by atoms with Crippen molar-refractivity contribution in [2.75, 3.05) is 13.2 Å². The van der Waals surface area contributed by atoms with Crippen molar-refractivity contribution in [1.82, 2.24) is 0 Å². The number of carbonyl (C=O) groups excluding carboxylic acids is 2. The third-order valence-corrected chi connectivity index (χ3v) is 9.00. The SMILES string of the molecule is CCCCCC[C@@H](O)CC=CCCCCCCCC(=O)OCCCCCCOC(=O)CCCCCCCC=CC[C@H](O)CCCCCC. The van der Waals surface area contributed by atoms with Gasteiger partial charge in [-0.2, -0.15) is 0 Å². The first-order chi connectivity index (χ1) is 23.5. The zero-order valence-corrected chi connectivity index (χ0v) is 31.6. The Morgan fingerprint density at radius 3 is 1.23 bits per heavy atom. The number of ether oxygens (including phenoxy) is 2. The molecule has 6 heteroatoms. The molecule has 0 aliphatic heterocycles. The Morgan fingerprint density at radius 1 is 0.458 bits per heavy atom. The van der Waals surface area contributed by atoms with Crippen LogP contribution in [0.2, 0.25) is 0 Å². The predicted molar refractivity (Wildman–Crippen MR) is 202 cm³/mol. The van der Waals surface area contributed by atoms with E-state index in [9.17, 15) is 19.8 Å². The molecule has 0 bridgehead atoms. The van der Waals surface area contributed by atoms with Gasteiger partial charge in [0.05, 0.1) is 25.4 Å². The normalized spacial score (nSPS) is 13.0. The predicted octanol–water partition coefficient (Wildman–Crippen LogP) is 11.6. The van der Waals surface area contributed by atoms with Gasteiger partial charge in [0, 0.05) is 12.8 Å². The summed E-state index contributed by atoms with van der Waals surface area (Å²) in [6.45, 7) is 5.38. The fraction of sp³-hybridized carbons (Fsp3) is 0.857. The number of carbonyl (C=O) groups is 2. The number of hydrogen-bond donors (Lipinski definition) is 2. The third-order valence-electron chi connectivity index (χ3n) is 9.00. The van der Waals surface area contributed by atoms with Crippen molar-refractivity contribution in [1.29, 1.82) is 0 Å². The summed E-state index contributed by atoms with van der Waals surface area (Å²) in [5.74, 6) is -0.173. The van der Waals surface area contributed by atoms with Gasteiger partial charge in [-0.1, -0.05) is 128 Å². The van der Waals surface area contributed by atoms with Gasteiger partial charge in [-0.25, -0.2) is 0 Å². The zero-order chi connectivity index (χ0) is 35.2. The molecule has 48 heavy (non-hydrogen) atoms. The molecule has 0 amide bonds. The average molecular weight is 679 g/mol. The number of rotatable bonds is 37. The van der Waals surface area contributed by atoms with E-state index in [0.29, 0.717) is 26.1 Å². The summed E-state index contributed by atoms with van der Waals surface area (Å²) in [5.41, 5.74) is 0. The first-order valence-corrected chi connectivity index (χ1v) is 20.5. The van der Waals surface area contributed by atoms with Crippen LogP contribution in [-0.2, 0) is 19.1 Å². The van der Waals surface area contributed by atoms with Crippen LogP contribution < -0.4 is 0 Å². The molecule has 0 aromatic carbocycles. The summed E-state index contributed by atoms with van der Waals surface area (Å²) in [7, 11) is 0. The van der Waals surface area contributed by atoms with Gasteiger partial charge in [0.15, 0.2) is 0 Å². The van der Waals surface area contributed by atoms with E-state index >= 15 is 0 Å². The highest BCUT2D eigenvalue weighted by Gasteiger charge is 2.05. The summed E-state index contributed by atoms with van der Waals surface area (Å²) >= 11 is 0. The largest absolute Gasteiger partial charge is 0.466 e. The molecule has 0 aliphatic carbocycles. The maximum atomic E-state index is 12.0. The summed E-state index contributed by atoms with van der Waals surface area (Å²) in [5, 5.41) is 20.0. The van der Waals surface area contributed by atoms with E-state index in [-0.39, 0.29) is 24.1 Å². The number of esters is 2. The van der Waals surface area contributed by atoms with Crippen molar-refractivity contribution in [3.8, 4) is 0 Å². The standard InChI is InChI=1S/C42H78O6/c1-3-5-7-23-31-39(43)33-25-17-13-9-11-15-19-27-35-41(45)47-37-29-21-22-30-38-48-42(46)36-28-20-16-12-10-14-18-26-34-40(44)32-24-8-6-4-2/h17-18,25-26,39-40,43-44H,3-16,19-24,27-38H2,1-2H3/t39-,40-/m1/s1. The first-order valence-electron chi connectivity index (χ1n) is 20.5. The average Bonchev–Trinajstić information content (AvgIpc) is 3.07. The number of aliphatic hydroxyl groups is 2. The van der Waals surface area contributed by atoms with Crippen LogP contribution in [0.15, 0.2) is 24.3 Å². The highest BCUT2D eigenvalue weighted by atomic mass is 16.5. The van der Waals surface area contributed by atoms with Gasteiger partial charge in [-0.05, 0) is 89.9 Å². The number of hydrogen-bond acceptors (Lipinski definition) is 6. The van der Waals surface area contributed by atoms with E-state index < -0.39 is 0 Å². The van der Waals surface area contributed by atoms with Gasteiger partial charge in [0.2, 0.25) is 0 Å². The molecule has 0 fully saturated rings. The molecular weight excluding hydrogens is 600 g/mol.